The Balaban J connectivity index is 1.95. The van der Waals surface area contributed by atoms with Crippen molar-refractivity contribution in [1.82, 2.24) is 16.0 Å². The quantitative estimate of drug-likeness (QED) is 0.638. The first-order valence-corrected chi connectivity index (χ1v) is 11.5. The van der Waals surface area contributed by atoms with Crippen LogP contribution in [0.25, 0.3) is 0 Å². The molecule has 2 aromatic carbocycles. The Bertz CT molecular complexity index is 1010. The molecule has 0 fully saturated rings. The summed E-state index contributed by atoms with van der Waals surface area (Å²) in [6.45, 7) is 5.92. The third-order valence-corrected chi connectivity index (χ3v) is 5.80. The molecule has 3 rings (SSSR count). The van der Waals surface area contributed by atoms with E-state index in [4.69, 9.17) is 16.3 Å². The Kier molecular flexibility index (Phi) is 8.33. The molecule has 0 saturated carbocycles. The first-order chi connectivity index (χ1) is 15.7. The summed E-state index contributed by atoms with van der Waals surface area (Å²) in [7, 11) is 0. The van der Waals surface area contributed by atoms with E-state index in [2.05, 4.69) is 29.8 Å². The standard InChI is InChI=1S/C25H30ClN3O4/c1-15(2)9-18-14-33-22-10-16(3)20(26)12-19(22)24(31)29-21(11-17-7-5-4-6-8-17)25(32)27-13-23(30)28-18/h4-8,10,12,15,18,21H,9,11,13-14H2,1-3H3,(H,27,32)(H,28,30)(H,29,31)/t18-,21-/m0/s1. The highest BCUT2D eigenvalue weighted by atomic mass is 35.5. The third kappa shape index (κ3) is 6.96. The fraction of sp³-hybridized carbons (Fsp3) is 0.400. The van der Waals surface area contributed by atoms with Crippen molar-refractivity contribution in [2.45, 2.75) is 45.7 Å². The van der Waals surface area contributed by atoms with Crippen molar-refractivity contribution in [3.05, 3.63) is 64.2 Å². The van der Waals surface area contributed by atoms with Crippen LogP contribution in [0.4, 0.5) is 0 Å². The molecule has 176 valence electrons. The highest BCUT2D eigenvalue weighted by Crippen LogP contribution is 2.27. The van der Waals surface area contributed by atoms with Crippen LogP contribution in [0.3, 0.4) is 0 Å². The molecule has 7 nitrogen and oxygen atoms in total. The molecule has 1 aliphatic heterocycles. The molecule has 0 unspecified atom stereocenters. The van der Waals surface area contributed by atoms with Gasteiger partial charge in [-0.3, -0.25) is 14.4 Å². The average Bonchev–Trinajstić information content (AvgIpc) is 2.77. The Morgan fingerprint density at radius 3 is 2.52 bits per heavy atom. The lowest BCUT2D eigenvalue weighted by Crippen LogP contribution is -2.51. The van der Waals surface area contributed by atoms with Crippen molar-refractivity contribution >= 4 is 29.3 Å². The van der Waals surface area contributed by atoms with Gasteiger partial charge in [-0.2, -0.15) is 0 Å². The predicted octanol–water partition coefficient (Wildman–Crippen LogP) is 3.03. The zero-order valence-electron chi connectivity index (χ0n) is 19.1. The van der Waals surface area contributed by atoms with Gasteiger partial charge >= 0.3 is 0 Å². The zero-order valence-corrected chi connectivity index (χ0v) is 19.9. The highest BCUT2D eigenvalue weighted by molar-refractivity contribution is 6.31. The predicted molar refractivity (Wildman–Crippen MR) is 127 cm³/mol. The maximum Gasteiger partial charge on any atom is 0.255 e. The maximum atomic E-state index is 13.2. The van der Waals surface area contributed by atoms with E-state index >= 15 is 0 Å². The van der Waals surface area contributed by atoms with Gasteiger partial charge < -0.3 is 20.7 Å². The minimum atomic E-state index is -0.882. The van der Waals surface area contributed by atoms with Crippen LogP contribution in [0.15, 0.2) is 42.5 Å². The van der Waals surface area contributed by atoms with Crippen LogP contribution in [0.2, 0.25) is 5.02 Å². The van der Waals surface area contributed by atoms with E-state index < -0.39 is 17.9 Å². The monoisotopic (exact) mass is 471 g/mol. The zero-order chi connectivity index (χ0) is 24.0. The summed E-state index contributed by atoms with van der Waals surface area (Å²) in [6.07, 6.45) is 0.955. The van der Waals surface area contributed by atoms with Gasteiger partial charge in [-0.25, -0.2) is 0 Å². The summed E-state index contributed by atoms with van der Waals surface area (Å²) < 4.78 is 6.01. The van der Waals surface area contributed by atoms with E-state index in [9.17, 15) is 14.4 Å². The molecule has 0 spiro atoms. The highest BCUT2D eigenvalue weighted by Gasteiger charge is 2.26. The molecule has 0 bridgehead atoms. The molecule has 0 aromatic heterocycles. The summed E-state index contributed by atoms with van der Waals surface area (Å²) in [5.74, 6) is -0.552. The molecular formula is C25H30ClN3O4. The summed E-state index contributed by atoms with van der Waals surface area (Å²) in [6, 6.07) is 11.5. The molecule has 8 heteroatoms. The second-order valence-electron chi connectivity index (χ2n) is 8.74. The van der Waals surface area contributed by atoms with Crippen LogP contribution < -0.4 is 20.7 Å². The minimum Gasteiger partial charge on any atom is -0.491 e. The van der Waals surface area contributed by atoms with Gasteiger partial charge in [-0.05, 0) is 42.5 Å². The number of fused-ring (bicyclic) bond motifs is 1. The second-order valence-corrected chi connectivity index (χ2v) is 9.14. The van der Waals surface area contributed by atoms with E-state index in [-0.39, 0.29) is 37.1 Å². The smallest absolute Gasteiger partial charge is 0.255 e. The molecule has 0 saturated heterocycles. The average molecular weight is 472 g/mol. The van der Waals surface area contributed by atoms with Gasteiger partial charge in [0.25, 0.3) is 5.91 Å². The number of carbonyl (C=O) groups excluding carboxylic acids is 3. The van der Waals surface area contributed by atoms with Crippen LogP contribution in [-0.4, -0.2) is 43.0 Å². The van der Waals surface area contributed by atoms with E-state index in [0.717, 1.165) is 11.1 Å². The molecular weight excluding hydrogens is 442 g/mol. The molecule has 1 heterocycles. The summed E-state index contributed by atoms with van der Waals surface area (Å²) >= 11 is 6.30. The summed E-state index contributed by atoms with van der Waals surface area (Å²) in [5.41, 5.74) is 1.88. The summed E-state index contributed by atoms with van der Waals surface area (Å²) in [4.78, 5) is 38.7. The van der Waals surface area contributed by atoms with Crippen molar-refractivity contribution < 1.29 is 19.1 Å². The van der Waals surface area contributed by atoms with Crippen LogP contribution in [0.5, 0.6) is 5.75 Å². The third-order valence-electron chi connectivity index (χ3n) is 5.39. The number of aryl methyl sites for hydroxylation is 1. The largest absolute Gasteiger partial charge is 0.491 e. The fourth-order valence-corrected chi connectivity index (χ4v) is 3.91. The number of amides is 3. The molecule has 1 aliphatic rings. The Labute approximate surface area is 199 Å². The van der Waals surface area contributed by atoms with Gasteiger partial charge in [0.15, 0.2) is 0 Å². The van der Waals surface area contributed by atoms with E-state index in [1.807, 2.05) is 37.3 Å². The van der Waals surface area contributed by atoms with Gasteiger partial charge in [-0.15, -0.1) is 0 Å². The van der Waals surface area contributed by atoms with Crippen LogP contribution >= 0.6 is 11.6 Å². The number of carbonyl (C=O) groups is 3. The van der Waals surface area contributed by atoms with Crippen LogP contribution in [0, 0.1) is 12.8 Å². The molecule has 33 heavy (non-hydrogen) atoms. The number of ether oxygens (including phenoxy) is 1. The van der Waals surface area contributed by atoms with Crippen molar-refractivity contribution in [2.75, 3.05) is 13.2 Å². The van der Waals surface area contributed by atoms with Crippen LogP contribution in [-0.2, 0) is 16.0 Å². The number of rotatable bonds is 4. The van der Waals surface area contributed by atoms with Gasteiger partial charge in [0.2, 0.25) is 11.8 Å². The minimum absolute atomic E-state index is 0.187. The van der Waals surface area contributed by atoms with E-state index in [0.29, 0.717) is 23.1 Å². The molecule has 0 radical (unpaired) electrons. The van der Waals surface area contributed by atoms with Gasteiger partial charge in [0, 0.05) is 11.4 Å². The summed E-state index contributed by atoms with van der Waals surface area (Å²) in [5, 5.41) is 8.79. The van der Waals surface area contributed by atoms with Gasteiger partial charge in [0.1, 0.15) is 18.4 Å². The van der Waals surface area contributed by atoms with Crippen molar-refractivity contribution in [1.29, 1.82) is 0 Å². The first kappa shape index (κ1) is 24.6. The molecule has 2 aromatic rings. The lowest BCUT2D eigenvalue weighted by Gasteiger charge is -2.22. The Hall–Kier alpha value is -3.06. The van der Waals surface area contributed by atoms with Crippen molar-refractivity contribution in [3.8, 4) is 5.75 Å². The lowest BCUT2D eigenvalue weighted by atomic mass is 10.0. The normalized spacial score (nSPS) is 19.7. The molecule has 3 amide bonds. The number of hydrogen-bond acceptors (Lipinski definition) is 4. The first-order valence-electron chi connectivity index (χ1n) is 11.1. The topological polar surface area (TPSA) is 96.5 Å². The van der Waals surface area contributed by atoms with E-state index in [1.54, 1.807) is 12.1 Å². The van der Waals surface area contributed by atoms with Crippen molar-refractivity contribution in [3.63, 3.8) is 0 Å². The number of halogens is 1. The van der Waals surface area contributed by atoms with Crippen molar-refractivity contribution in [2.24, 2.45) is 5.92 Å². The number of hydrogen-bond donors (Lipinski definition) is 3. The van der Waals surface area contributed by atoms with Gasteiger partial charge in [-0.1, -0.05) is 55.8 Å². The number of benzene rings is 2. The Morgan fingerprint density at radius 2 is 1.82 bits per heavy atom. The SMILES string of the molecule is Cc1cc2c(cc1Cl)C(=O)N[C@@H](Cc1ccccc1)C(=O)NCC(=O)N[C@@H](CC(C)C)CO2. The van der Waals surface area contributed by atoms with Gasteiger partial charge in [0.05, 0.1) is 18.2 Å². The lowest BCUT2D eigenvalue weighted by molar-refractivity contribution is -0.127. The molecule has 3 N–H and O–H groups in total. The molecule has 2 atom stereocenters. The van der Waals surface area contributed by atoms with E-state index in [1.165, 1.54) is 0 Å². The molecule has 0 aliphatic carbocycles. The number of nitrogens with one attached hydrogen (secondary N) is 3. The maximum absolute atomic E-state index is 13.2. The fourth-order valence-electron chi connectivity index (χ4n) is 3.74. The Morgan fingerprint density at radius 1 is 1.09 bits per heavy atom. The van der Waals surface area contributed by atoms with Crippen LogP contribution in [0.1, 0.15) is 41.8 Å². The second kappa shape index (κ2) is 11.2.